The third kappa shape index (κ3) is 24.5. The van der Waals surface area contributed by atoms with Crippen LogP contribution in [0.25, 0.3) is 44.4 Å². The van der Waals surface area contributed by atoms with Crippen molar-refractivity contribution in [3.05, 3.63) is 237 Å². The van der Waals surface area contributed by atoms with Gasteiger partial charge in [0.15, 0.2) is 36.5 Å². The van der Waals surface area contributed by atoms with Gasteiger partial charge in [0.25, 0.3) is 0 Å². The van der Waals surface area contributed by atoms with E-state index in [0.717, 1.165) is 72.2 Å². The van der Waals surface area contributed by atoms with E-state index < -0.39 is 77.7 Å². The fourth-order valence-corrected chi connectivity index (χ4v) is 19.4. The van der Waals surface area contributed by atoms with Gasteiger partial charge in [-0.15, -0.1) is 11.3 Å². The first kappa shape index (κ1) is 104. The molecule has 16 rings (SSSR count). The zero-order chi connectivity index (χ0) is 101. The van der Waals surface area contributed by atoms with Gasteiger partial charge in [0.1, 0.15) is 65.0 Å². The molecule has 4 aliphatic heterocycles. The predicted octanol–water partition coefficient (Wildman–Crippen LogP) is 14.7. The molecule has 8 amide bonds. The number of carbonyl (C=O) groups is 8. The van der Waals surface area contributed by atoms with Gasteiger partial charge in [-0.05, 0) is 135 Å². The second kappa shape index (κ2) is 45.2. The predicted molar refractivity (Wildman–Crippen MR) is 518 cm³/mol. The molecule has 744 valence electrons. The van der Waals surface area contributed by atoms with Crippen molar-refractivity contribution >= 4 is 58.6 Å². The molecule has 4 aromatic carbocycles. The highest BCUT2D eigenvalue weighted by Crippen LogP contribution is 2.42. The quantitative estimate of drug-likeness (QED) is 0.0237. The number of aliphatic hydroxyl groups excluding tert-OH is 4. The summed E-state index contributed by atoms with van der Waals surface area (Å²) >= 11 is 1.60. The Bertz CT molecular complexity index is 6050. The molecular weight excluding hydrogens is 1810 g/mol. The monoisotopic (exact) mass is 1940 g/mol. The molecule has 8 aromatic heterocycles. The summed E-state index contributed by atoms with van der Waals surface area (Å²) in [7, 11) is 0. The van der Waals surface area contributed by atoms with Crippen molar-refractivity contribution in [1.29, 1.82) is 0 Å². The molecule has 0 radical (unpaired) electrons. The fourth-order valence-electron chi connectivity index (χ4n) is 18.5. The number of benzene rings is 4. The molecule has 36 heteroatoms. The number of hydrogen-bond donors (Lipinski definition) is 8. The smallest absolute Gasteiger partial charge is 0.243 e. The number of likely N-dealkylation sites (tertiary alicyclic amines) is 4. The highest BCUT2D eigenvalue weighted by molar-refractivity contribution is 7.13. The average molecular weight is 1940 g/mol. The van der Waals surface area contributed by atoms with E-state index in [1.165, 1.54) is 38.8 Å². The third-order valence-electron chi connectivity index (χ3n) is 26.1. The zero-order valence-electron chi connectivity index (χ0n) is 82.8. The molecule has 4 aliphatic rings. The minimum Gasteiger partial charge on any atom is -0.443 e. The standard InChI is InChI=1S/C27H34N4O5.C26H32N4O5.C26H32N4O4S.C25H30N4O5/c1-15-11-22(36-30-15)23(27(4,5)6)26(34)31-13-20(32)12-21(31)25(33)29-16(2)18-7-9-19(10-8-18)24-17(3)28-14-35-24;1-14(2)23(22-10-15(3)29-35-22)26(33)30-12-20(31)11-21(30)25(32)28-16(4)18-6-8-19(9-7-18)24-17(5)27-13-34-24;1-14(2)23(22-10-15(3)29-34-22)26(33)30-12-20(31)11-21(30)25(32)28-16(4)18-6-8-19(9-7-18)24-17(5)27-13-35-24;1-5-20(22-10-14(2)28-34-22)25(32)29-12-19(30)11-21(29)24(31)27-15(3)17-6-8-18(9-7-17)23-16(4)26-13-33-23/h7-11,14,16,20-21,23,32H,12-13H2,1-6H3,(H,29,33);2*6-10,13-14,16,20-21,23,31H,11-12H2,1-5H3,(H,28,32);6-10,13,15,19-21,30H,5,11-12H2,1-4H3,(H,27,31)/t3*16-,20+,21-,23+;15-,19+,20+,21-/m0000/s1. The van der Waals surface area contributed by atoms with E-state index in [1.54, 1.807) is 63.3 Å². The van der Waals surface area contributed by atoms with E-state index in [9.17, 15) is 58.8 Å². The van der Waals surface area contributed by atoms with E-state index in [0.29, 0.717) is 69.5 Å². The Morgan fingerprint density at radius 1 is 0.379 bits per heavy atom. The molecule has 4 fully saturated rings. The Morgan fingerprint density at radius 3 is 0.907 bits per heavy atom. The lowest BCUT2D eigenvalue weighted by Crippen LogP contribution is -2.49. The number of oxazole rings is 3. The molecule has 0 saturated carbocycles. The minimum atomic E-state index is -0.778. The van der Waals surface area contributed by atoms with Gasteiger partial charge in [-0.3, -0.25) is 38.4 Å². The molecule has 4 saturated heterocycles. The molecule has 140 heavy (non-hydrogen) atoms. The van der Waals surface area contributed by atoms with Crippen LogP contribution >= 0.6 is 11.3 Å². The van der Waals surface area contributed by atoms with Crippen LogP contribution in [-0.4, -0.2) is 203 Å². The van der Waals surface area contributed by atoms with Crippen LogP contribution in [0.2, 0.25) is 0 Å². The molecule has 0 aliphatic carbocycles. The maximum atomic E-state index is 13.7. The van der Waals surface area contributed by atoms with Crippen LogP contribution in [0.15, 0.2) is 177 Å². The lowest BCUT2D eigenvalue weighted by Gasteiger charge is -2.33. The van der Waals surface area contributed by atoms with Crippen molar-refractivity contribution in [3.8, 4) is 44.4 Å². The highest BCUT2D eigenvalue weighted by Gasteiger charge is 2.49. The lowest BCUT2D eigenvalue weighted by molar-refractivity contribution is -0.142. The van der Waals surface area contributed by atoms with E-state index in [1.807, 2.05) is 213 Å². The van der Waals surface area contributed by atoms with E-state index >= 15 is 0 Å². The molecule has 12 heterocycles. The topological polar surface area (TPSA) is 474 Å². The number of aliphatic hydroxyl groups is 4. The number of aromatic nitrogens is 8. The van der Waals surface area contributed by atoms with Gasteiger partial charge in [-0.2, -0.15) is 0 Å². The van der Waals surface area contributed by atoms with Crippen molar-refractivity contribution in [2.24, 2.45) is 17.3 Å². The number of amides is 8. The van der Waals surface area contributed by atoms with Crippen LogP contribution in [0.4, 0.5) is 0 Å². The molecule has 0 spiro atoms. The van der Waals surface area contributed by atoms with Crippen LogP contribution in [0.5, 0.6) is 0 Å². The summed E-state index contributed by atoms with van der Waals surface area (Å²) in [4.78, 5) is 131. The van der Waals surface area contributed by atoms with Crippen molar-refractivity contribution < 1.29 is 90.1 Å². The fraction of sp³-hybridized carbons (Fsp3) is 0.462. The zero-order valence-corrected chi connectivity index (χ0v) is 83.6. The lowest BCUT2D eigenvalue weighted by atomic mass is 9.78. The third-order valence-corrected chi connectivity index (χ3v) is 27.1. The summed E-state index contributed by atoms with van der Waals surface area (Å²) in [6.07, 6.45) is 2.46. The van der Waals surface area contributed by atoms with Gasteiger partial charge < -0.3 is 92.6 Å². The van der Waals surface area contributed by atoms with Gasteiger partial charge in [0, 0.05) is 92.8 Å². The number of carbonyl (C=O) groups excluding carboxylic acids is 8. The second-order valence-electron chi connectivity index (χ2n) is 38.7. The molecule has 8 N–H and O–H groups in total. The Hall–Kier alpha value is -13.4. The summed E-state index contributed by atoms with van der Waals surface area (Å²) in [5, 5.41) is 69.1. The second-order valence-corrected chi connectivity index (χ2v) is 39.6. The summed E-state index contributed by atoms with van der Waals surface area (Å²) < 4.78 is 37.9. The van der Waals surface area contributed by atoms with E-state index in [2.05, 4.69) is 61.8 Å². The van der Waals surface area contributed by atoms with Crippen LogP contribution in [-0.2, 0) is 38.4 Å². The van der Waals surface area contributed by atoms with Crippen LogP contribution < -0.4 is 21.3 Å². The summed E-state index contributed by atoms with van der Waals surface area (Å²) in [5.41, 5.74) is 15.0. The van der Waals surface area contributed by atoms with Crippen LogP contribution in [0, 0.1) is 72.6 Å². The number of β-amino-alcohol motifs (C(OH)–C–C–N with tert-alkyl or cyclic N) is 4. The maximum absolute atomic E-state index is 13.7. The number of thiazole rings is 1. The number of hydrogen-bond acceptors (Lipinski definition) is 28. The molecule has 16 atom stereocenters. The van der Waals surface area contributed by atoms with Gasteiger partial charge in [0.2, 0.25) is 47.3 Å². The Labute approximate surface area is 817 Å². The first-order valence-corrected chi connectivity index (χ1v) is 48.3. The van der Waals surface area contributed by atoms with Crippen molar-refractivity contribution in [2.75, 3.05) is 26.2 Å². The maximum Gasteiger partial charge on any atom is 0.243 e. The summed E-state index contributed by atoms with van der Waals surface area (Å²) in [6, 6.07) is 34.0. The number of rotatable bonds is 27. The molecule has 12 aromatic rings. The van der Waals surface area contributed by atoms with Crippen molar-refractivity contribution in [2.45, 2.75) is 267 Å². The Morgan fingerprint density at radius 2 is 0.657 bits per heavy atom. The largest absolute Gasteiger partial charge is 0.443 e. The van der Waals surface area contributed by atoms with Crippen molar-refractivity contribution in [3.63, 3.8) is 0 Å². The number of nitrogens with one attached hydrogen (secondary N) is 4. The number of nitrogens with zero attached hydrogens (tertiary/aromatic N) is 12. The van der Waals surface area contributed by atoms with Crippen LogP contribution in [0.1, 0.15) is 254 Å². The highest BCUT2D eigenvalue weighted by atomic mass is 32.1. The molecule has 0 unspecified atom stereocenters. The van der Waals surface area contributed by atoms with Gasteiger partial charge >= 0.3 is 0 Å². The Balaban J connectivity index is 0.000000157. The Kier molecular flexibility index (Phi) is 33.6. The van der Waals surface area contributed by atoms with Gasteiger partial charge in [-0.1, -0.05) is 173 Å². The summed E-state index contributed by atoms with van der Waals surface area (Å²) in [6.45, 7) is 38.3. The first-order valence-electron chi connectivity index (χ1n) is 47.4. The van der Waals surface area contributed by atoms with Crippen molar-refractivity contribution in [1.82, 2.24) is 81.4 Å². The van der Waals surface area contributed by atoms with Gasteiger partial charge in [-0.25, -0.2) is 19.9 Å². The minimum absolute atomic E-state index is 0.0593. The summed E-state index contributed by atoms with van der Waals surface area (Å²) in [5.74, 6) is -0.590. The van der Waals surface area contributed by atoms with E-state index in [4.69, 9.17) is 31.3 Å². The normalized spacial score (nSPS) is 19.7. The van der Waals surface area contributed by atoms with Crippen LogP contribution in [0.3, 0.4) is 0 Å². The molecule has 35 nitrogen and oxygen atoms in total. The molecular formula is C104H128N16O19S. The first-order chi connectivity index (χ1) is 66.5. The van der Waals surface area contributed by atoms with Gasteiger partial charge in [0.05, 0.1) is 110 Å². The van der Waals surface area contributed by atoms with E-state index in [-0.39, 0.29) is 135 Å². The average Bonchev–Trinajstić information content (AvgIpc) is 1.62. The number of aryl methyl sites for hydroxylation is 8. The SMILES string of the molecule is CC[C@@H](C(=O)N1C[C@H](O)C[C@H]1C(=O)N[C@@H](C)c1ccc(-c2ocnc2C)cc1)c1cc(C)no1.Cc1cc([C@H](C(=O)N2C[C@H](O)C[C@H]2C(=O)N[C@@H](C)c2ccc(-c3ocnc3C)cc2)C(C)(C)C)on1.Cc1cc([C@H](C(=O)N2C[C@H](O)C[C@H]2C(=O)N[C@@H](C)c2ccc(-c3ocnc3C)cc2)C(C)C)on1.Cc1cc([C@H](C(=O)N2C[C@H](O)C[C@H]2C(=O)N[C@@H](C)c2ccc(-c3scnc3C)cc2)C(C)C)on1. The molecule has 0 bridgehead atoms.